The Labute approximate surface area is 138 Å². The van der Waals surface area contributed by atoms with E-state index >= 15 is 0 Å². The van der Waals surface area contributed by atoms with E-state index in [0.717, 1.165) is 17.0 Å². The van der Waals surface area contributed by atoms with Crippen molar-refractivity contribution in [2.45, 2.75) is 58.7 Å². The minimum atomic E-state index is -0.494. The number of benzene rings is 1. The van der Waals surface area contributed by atoms with E-state index in [0.29, 0.717) is 0 Å². The predicted molar refractivity (Wildman–Crippen MR) is 91.6 cm³/mol. The molecule has 22 heavy (non-hydrogen) atoms. The number of alkyl carbamates (subject to hydrolysis) is 1. The normalized spacial score (nSPS) is 14.3. The van der Waals surface area contributed by atoms with Crippen LogP contribution in [0, 0.1) is 6.92 Å². The number of hydrogen-bond donors (Lipinski definition) is 2. The predicted octanol–water partition coefficient (Wildman–Crippen LogP) is 3.69. The average Bonchev–Trinajstić information content (AvgIpc) is 2.37. The number of aryl methyl sites for hydroxylation is 1. The third-order valence-corrected chi connectivity index (χ3v) is 3.82. The fraction of sp³-hybridized carbons (Fsp3) is 0.588. The molecule has 0 radical (unpaired) electrons. The summed E-state index contributed by atoms with van der Waals surface area (Å²) in [5, 5.41) is 6.90. The van der Waals surface area contributed by atoms with Gasteiger partial charge in [-0.15, -0.1) is 0 Å². The standard InChI is InChI=1S/C17H27ClN2O2/c1-11-9-13(7-8-14(11)18)10-15(19-6)12(2)20-16(21)22-17(3,4)5/h7-9,12,15,19H,10H2,1-6H3,(H,20,21)/t12-,15?/m1/s1. The molecule has 0 bridgehead atoms. The van der Waals surface area contributed by atoms with Crippen LogP contribution in [0.25, 0.3) is 0 Å². The second-order valence-corrected chi connectivity index (χ2v) is 7.02. The summed E-state index contributed by atoms with van der Waals surface area (Å²) in [5.41, 5.74) is 1.74. The van der Waals surface area contributed by atoms with E-state index in [9.17, 15) is 4.79 Å². The molecule has 0 saturated heterocycles. The SMILES string of the molecule is CNC(Cc1ccc(Cl)c(C)c1)[C@@H](C)NC(=O)OC(C)(C)C. The van der Waals surface area contributed by atoms with Gasteiger partial charge in [-0.3, -0.25) is 0 Å². The van der Waals surface area contributed by atoms with Crippen LogP contribution in [0.5, 0.6) is 0 Å². The molecule has 0 aromatic heterocycles. The lowest BCUT2D eigenvalue weighted by molar-refractivity contribution is 0.0498. The summed E-state index contributed by atoms with van der Waals surface area (Å²) in [6.45, 7) is 9.51. The lowest BCUT2D eigenvalue weighted by Crippen LogP contribution is -2.49. The number of rotatable bonds is 5. The first-order valence-electron chi connectivity index (χ1n) is 7.54. The first-order chi connectivity index (χ1) is 10.1. The van der Waals surface area contributed by atoms with Gasteiger partial charge in [-0.25, -0.2) is 4.79 Å². The molecule has 1 aromatic carbocycles. The number of carbonyl (C=O) groups is 1. The van der Waals surface area contributed by atoms with Gasteiger partial charge in [0.1, 0.15) is 5.60 Å². The molecule has 0 aliphatic rings. The maximum absolute atomic E-state index is 11.9. The summed E-state index contributed by atoms with van der Waals surface area (Å²) in [6.07, 6.45) is 0.401. The zero-order chi connectivity index (χ0) is 16.9. The molecule has 0 fully saturated rings. The lowest BCUT2D eigenvalue weighted by atomic mass is 9.99. The van der Waals surface area contributed by atoms with Gasteiger partial charge in [0.25, 0.3) is 0 Å². The number of ether oxygens (including phenoxy) is 1. The van der Waals surface area contributed by atoms with Crippen LogP contribution in [0.2, 0.25) is 5.02 Å². The molecular weight excluding hydrogens is 300 g/mol. The van der Waals surface area contributed by atoms with Gasteiger partial charge >= 0.3 is 6.09 Å². The van der Waals surface area contributed by atoms with Crippen molar-refractivity contribution < 1.29 is 9.53 Å². The van der Waals surface area contributed by atoms with E-state index < -0.39 is 11.7 Å². The number of carbonyl (C=O) groups excluding carboxylic acids is 1. The highest BCUT2D eigenvalue weighted by Gasteiger charge is 2.22. The zero-order valence-corrected chi connectivity index (χ0v) is 15.0. The van der Waals surface area contributed by atoms with Crippen molar-refractivity contribution in [1.82, 2.24) is 10.6 Å². The van der Waals surface area contributed by atoms with Gasteiger partial charge in [-0.1, -0.05) is 23.7 Å². The van der Waals surface area contributed by atoms with Crippen molar-refractivity contribution in [2.75, 3.05) is 7.05 Å². The van der Waals surface area contributed by atoms with Crippen LogP contribution in [0.4, 0.5) is 4.79 Å². The van der Waals surface area contributed by atoms with Crippen LogP contribution < -0.4 is 10.6 Å². The molecule has 2 N–H and O–H groups in total. The second-order valence-electron chi connectivity index (χ2n) is 6.62. The molecule has 2 atom stereocenters. The summed E-state index contributed by atoms with van der Waals surface area (Å²) < 4.78 is 5.29. The molecular formula is C17H27ClN2O2. The monoisotopic (exact) mass is 326 g/mol. The summed E-state index contributed by atoms with van der Waals surface area (Å²) in [6, 6.07) is 6.04. The van der Waals surface area contributed by atoms with Crippen molar-refractivity contribution in [3.63, 3.8) is 0 Å². The van der Waals surface area contributed by atoms with Gasteiger partial charge in [0.2, 0.25) is 0 Å². The average molecular weight is 327 g/mol. The summed E-state index contributed by atoms with van der Waals surface area (Å²) in [4.78, 5) is 11.9. The third kappa shape index (κ3) is 6.24. The summed E-state index contributed by atoms with van der Waals surface area (Å²) in [7, 11) is 1.89. The molecule has 0 spiro atoms. The highest BCUT2D eigenvalue weighted by molar-refractivity contribution is 6.31. The van der Waals surface area contributed by atoms with E-state index in [-0.39, 0.29) is 12.1 Å². The molecule has 0 saturated carbocycles. The highest BCUT2D eigenvalue weighted by Crippen LogP contribution is 2.18. The maximum atomic E-state index is 11.9. The molecule has 5 heteroatoms. The third-order valence-electron chi connectivity index (χ3n) is 3.40. The van der Waals surface area contributed by atoms with E-state index in [2.05, 4.69) is 16.7 Å². The molecule has 1 rings (SSSR count). The van der Waals surface area contributed by atoms with Crippen molar-refractivity contribution in [3.05, 3.63) is 34.3 Å². The maximum Gasteiger partial charge on any atom is 0.407 e. The number of amides is 1. The number of likely N-dealkylation sites (N-methyl/N-ethyl adjacent to an activating group) is 1. The molecule has 4 nitrogen and oxygen atoms in total. The topological polar surface area (TPSA) is 50.4 Å². The largest absolute Gasteiger partial charge is 0.444 e. The van der Waals surface area contributed by atoms with E-state index in [1.54, 1.807) is 0 Å². The molecule has 1 unspecified atom stereocenters. The van der Waals surface area contributed by atoms with E-state index in [1.807, 2.05) is 53.8 Å². The van der Waals surface area contributed by atoms with Crippen molar-refractivity contribution in [2.24, 2.45) is 0 Å². The lowest BCUT2D eigenvalue weighted by Gasteiger charge is -2.27. The molecule has 124 valence electrons. The fourth-order valence-electron chi connectivity index (χ4n) is 2.21. The number of halogens is 1. The first-order valence-corrected chi connectivity index (χ1v) is 7.92. The van der Waals surface area contributed by atoms with Gasteiger partial charge in [0.15, 0.2) is 0 Å². The molecule has 0 aliphatic heterocycles. The Hall–Kier alpha value is -1.26. The zero-order valence-electron chi connectivity index (χ0n) is 14.3. The van der Waals surface area contributed by atoms with Crippen LogP contribution >= 0.6 is 11.6 Å². The van der Waals surface area contributed by atoms with Crippen molar-refractivity contribution >= 4 is 17.7 Å². The Morgan fingerprint density at radius 1 is 1.36 bits per heavy atom. The molecule has 1 aromatic rings. The summed E-state index contributed by atoms with van der Waals surface area (Å²) in [5.74, 6) is 0. The van der Waals surface area contributed by atoms with E-state index in [4.69, 9.17) is 16.3 Å². The first kappa shape index (κ1) is 18.8. The van der Waals surface area contributed by atoms with Crippen LogP contribution in [-0.2, 0) is 11.2 Å². The quantitative estimate of drug-likeness (QED) is 0.867. The Morgan fingerprint density at radius 2 is 2.00 bits per heavy atom. The fourth-order valence-corrected chi connectivity index (χ4v) is 2.33. The van der Waals surface area contributed by atoms with Crippen LogP contribution in [0.3, 0.4) is 0 Å². The molecule has 1 amide bonds. The van der Waals surface area contributed by atoms with Gasteiger partial charge in [0.05, 0.1) is 0 Å². The molecule has 0 heterocycles. The van der Waals surface area contributed by atoms with E-state index in [1.165, 1.54) is 5.56 Å². The van der Waals surface area contributed by atoms with Gasteiger partial charge in [-0.2, -0.15) is 0 Å². The van der Waals surface area contributed by atoms with Crippen LogP contribution in [0.15, 0.2) is 18.2 Å². The van der Waals surface area contributed by atoms with Gasteiger partial charge in [-0.05, 0) is 65.3 Å². The highest BCUT2D eigenvalue weighted by atomic mass is 35.5. The van der Waals surface area contributed by atoms with Gasteiger partial charge in [0, 0.05) is 17.1 Å². The van der Waals surface area contributed by atoms with Crippen molar-refractivity contribution in [1.29, 1.82) is 0 Å². The Kier molecular flexibility index (Phi) is 6.69. The van der Waals surface area contributed by atoms with Crippen LogP contribution in [-0.4, -0.2) is 30.8 Å². The Morgan fingerprint density at radius 3 is 2.50 bits per heavy atom. The van der Waals surface area contributed by atoms with Crippen molar-refractivity contribution in [3.8, 4) is 0 Å². The molecule has 0 aliphatic carbocycles. The second kappa shape index (κ2) is 7.84. The van der Waals surface area contributed by atoms with Crippen LogP contribution in [0.1, 0.15) is 38.8 Å². The number of nitrogens with one attached hydrogen (secondary N) is 2. The minimum Gasteiger partial charge on any atom is -0.444 e. The smallest absolute Gasteiger partial charge is 0.407 e. The Bertz CT molecular complexity index is 512. The summed E-state index contributed by atoms with van der Waals surface area (Å²) >= 11 is 6.05. The van der Waals surface area contributed by atoms with Gasteiger partial charge < -0.3 is 15.4 Å². The number of hydrogen-bond acceptors (Lipinski definition) is 3. The minimum absolute atomic E-state index is 0.0594. The Balaban J connectivity index is 2.66.